The average Bonchev–Trinajstić information content (AvgIpc) is 3.30. The van der Waals surface area contributed by atoms with E-state index in [1.165, 1.54) is 6.20 Å². The zero-order valence-electron chi connectivity index (χ0n) is 23.5. The van der Waals surface area contributed by atoms with Crippen LogP contribution in [0.3, 0.4) is 0 Å². The van der Waals surface area contributed by atoms with Gasteiger partial charge in [-0.25, -0.2) is 14.4 Å². The van der Waals surface area contributed by atoms with E-state index < -0.39 is 60.0 Å². The average molecular weight is 575 g/mol. The maximum atomic E-state index is 13.3. The van der Waals surface area contributed by atoms with Crippen molar-refractivity contribution in [2.24, 2.45) is 0 Å². The number of nitrogens with zero attached hydrogens (tertiary/aromatic N) is 1. The first-order chi connectivity index (χ1) is 19.5. The molecule has 2 heterocycles. The Kier molecular flexibility index (Phi) is 11.2. The molecule has 13 nitrogen and oxygen atoms in total. The molecular weight excluding hydrogens is 536 g/mol. The van der Waals surface area contributed by atoms with Crippen LogP contribution in [0.25, 0.3) is 0 Å². The number of carbonyl (C=O) groups is 3. The lowest BCUT2D eigenvalue weighted by atomic mass is 10.1. The molecule has 1 aromatic carbocycles. The van der Waals surface area contributed by atoms with Crippen LogP contribution in [0.4, 0.5) is 4.79 Å². The first kappa shape index (κ1) is 31.6. The lowest BCUT2D eigenvalue weighted by Gasteiger charge is -2.22. The number of alkyl carbamates (subject to hydrolysis) is 1. The lowest BCUT2D eigenvalue weighted by molar-refractivity contribution is -0.157. The van der Waals surface area contributed by atoms with Gasteiger partial charge in [-0.15, -0.1) is 0 Å². The van der Waals surface area contributed by atoms with Crippen molar-refractivity contribution in [2.45, 2.75) is 83.0 Å². The van der Waals surface area contributed by atoms with Crippen molar-refractivity contribution in [3.63, 3.8) is 0 Å². The highest BCUT2D eigenvalue weighted by Gasteiger charge is 2.40. The standard InChI is InChI=1S/C28H38N4O9/c1-28(2,3)41-27(38)29-14-9-5-8-12-21(34)30-24(18-10-6-4-7-11-18)25(36)40-19-16-23(39-20(19)17-33)32-15-13-22(35)31-26(32)37/h4,6-7,10-11,13,15,19-20,23-24,33H,5,8-9,12,14,16-17H2,1-3H3,(H,29,38)(H,30,34)(H,31,35,37)/t19-,20+,23+,24?/m0/s1. The Bertz CT molecular complexity index is 1290. The molecule has 0 bridgehead atoms. The number of hydrogen-bond donors (Lipinski definition) is 4. The molecular formula is C28H38N4O9. The Morgan fingerprint density at radius 1 is 1.12 bits per heavy atom. The summed E-state index contributed by atoms with van der Waals surface area (Å²) in [4.78, 5) is 63.4. The second-order valence-electron chi connectivity index (χ2n) is 10.7. The predicted molar refractivity (Wildman–Crippen MR) is 147 cm³/mol. The molecule has 0 aliphatic carbocycles. The summed E-state index contributed by atoms with van der Waals surface area (Å²) in [5.74, 6) is -1.09. The number of carbonyl (C=O) groups excluding carboxylic acids is 3. The van der Waals surface area contributed by atoms with Gasteiger partial charge >= 0.3 is 17.8 Å². The molecule has 1 saturated heterocycles. The molecule has 2 amide bonds. The van der Waals surface area contributed by atoms with Crippen molar-refractivity contribution in [3.8, 4) is 0 Å². The fraction of sp³-hybridized carbons (Fsp3) is 0.536. The molecule has 0 saturated carbocycles. The van der Waals surface area contributed by atoms with Crippen LogP contribution in [0, 0.1) is 0 Å². The Balaban J connectivity index is 1.55. The van der Waals surface area contributed by atoms with Crippen LogP contribution in [0.15, 0.2) is 52.2 Å². The second kappa shape index (κ2) is 14.6. The van der Waals surface area contributed by atoms with Crippen LogP contribution in [0.5, 0.6) is 0 Å². The first-order valence-electron chi connectivity index (χ1n) is 13.6. The maximum Gasteiger partial charge on any atom is 0.407 e. The Morgan fingerprint density at radius 2 is 1.85 bits per heavy atom. The third-order valence-electron chi connectivity index (χ3n) is 6.21. The van der Waals surface area contributed by atoms with Crippen LogP contribution < -0.4 is 21.9 Å². The van der Waals surface area contributed by atoms with E-state index in [-0.39, 0.29) is 18.7 Å². The van der Waals surface area contributed by atoms with E-state index in [9.17, 15) is 29.1 Å². The molecule has 4 N–H and O–H groups in total. The smallest absolute Gasteiger partial charge is 0.407 e. The number of aromatic amines is 1. The van der Waals surface area contributed by atoms with E-state index in [1.807, 2.05) is 0 Å². The minimum absolute atomic E-state index is 0.0513. The fourth-order valence-electron chi connectivity index (χ4n) is 4.28. The quantitative estimate of drug-likeness (QED) is 0.217. The van der Waals surface area contributed by atoms with Gasteiger partial charge in [0.05, 0.1) is 6.61 Å². The van der Waals surface area contributed by atoms with E-state index in [2.05, 4.69) is 15.6 Å². The topological polar surface area (TPSA) is 178 Å². The number of benzene rings is 1. The Hall–Kier alpha value is -3.97. The number of nitrogens with one attached hydrogen (secondary N) is 3. The predicted octanol–water partition coefficient (Wildman–Crippen LogP) is 1.67. The van der Waals surface area contributed by atoms with E-state index in [1.54, 1.807) is 51.1 Å². The molecule has 41 heavy (non-hydrogen) atoms. The van der Waals surface area contributed by atoms with E-state index >= 15 is 0 Å². The molecule has 13 heteroatoms. The van der Waals surface area contributed by atoms with Gasteiger partial charge in [-0.1, -0.05) is 36.8 Å². The molecule has 2 aromatic rings. The van der Waals surface area contributed by atoms with Crippen molar-refractivity contribution in [1.29, 1.82) is 0 Å². The summed E-state index contributed by atoms with van der Waals surface area (Å²) in [6.07, 6.45) is 0.162. The normalized spacial score (nSPS) is 19.3. The summed E-state index contributed by atoms with van der Waals surface area (Å²) < 4.78 is 17.7. The van der Waals surface area contributed by atoms with Crippen molar-refractivity contribution in [3.05, 3.63) is 69.0 Å². The third kappa shape index (κ3) is 9.87. The molecule has 1 fully saturated rings. The van der Waals surface area contributed by atoms with Gasteiger partial charge < -0.3 is 30.0 Å². The monoisotopic (exact) mass is 574 g/mol. The third-order valence-corrected chi connectivity index (χ3v) is 6.21. The summed E-state index contributed by atoms with van der Waals surface area (Å²) in [5, 5.41) is 15.2. The number of aliphatic hydroxyl groups is 1. The molecule has 1 unspecified atom stereocenters. The van der Waals surface area contributed by atoms with Crippen molar-refractivity contribution in [1.82, 2.24) is 20.2 Å². The highest BCUT2D eigenvalue weighted by molar-refractivity contribution is 5.85. The number of aromatic nitrogens is 2. The highest BCUT2D eigenvalue weighted by Crippen LogP contribution is 2.31. The minimum atomic E-state index is -1.10. The number of H-pyrrole nitrogens is 1. The first-order valence-corrected chi connectivity index (χ1v) is 13.6. The molecule has 4 atom stereocenters. The number of rotatable bonds is 12. The minimum Gasteiger partial charge on any atom is -0.458 e. The molecule has 1 aromatic heterocycles. The maximum absolute atomic E-state index is 13.3. The molecule has 1 aliphatic heterocycles. The Labute approximate surface area is 237 Å². The van der Waals surface area contributed by atoms with E-state index in [4.69, 9.17) is 14.2 Å². The zero-order valence-corrected chi connectivity index (χ0v) is 23.5. The van der Waals surface area contributed by atoms with Gasteiger partial charge in [-0.05, 0) is 39.2 Å². The molecule has 1 aliphatic rings. The number of hydrogen-bond acceptors (Lipinski definition) is 9. The van der Waals surface area contributed by atoms with Gasteiger partial charge in [-0.2, -0.15) is 0 Å². The highest BCUT2D eigenvalue weighted by atomic mass is 16.6. The number of esters is 1. The van der Waals surface area contributed by atoms with Crippen molar-refractivity contribution < 1.29 is 33.7 Å². The number of aliphatic hydroxyl groups excluding tert-OH is 1. The van der Waals surface area contributed by atoms with Crippen LogP contribution in [-0.2, 0) is 23.8 Å². The Morgan fingerprint density at radius 3 is 2.51 bits per heavy atom. The van der Waals surface area contributed by atoms with Gasteiger partial charge in [0.1, 0.15) is 24.0 Å². The van der Waals surface area contributed by atoms with Crippen molar-refractivity contribution in [2.75, 3.05) is 13.2 Å². The summed E-state index contributed by atoms with van der Waals surface area (Å²) in [7, 11) is 0. The summed E-state index contributed by atoms with van der Waals surface area (Å²) in [6, 6.07) is 8.67. The summed E-state index contributed by atoms with van der Waals surface area (Å²) in [6.45, 7) is 5.29. The summed E-state index contributed by atoms with van der Waals surface area (Å²) in [5.41, 5.74) is -1.32. The zero-order chi connectivity index (χ0) is 30.0. The largest absolute Gasteiger partial charge is 0.458 e. The van der Waals surface area contributed by atoms with Gasteiger partial charge in [-0.3, -0.25) is 19.1 Å². The van der Waals surface area contributed by atoms with E-state index in [0.717, 1.165) is 10.6 Å². The van der Waals surface area contributed by atoms with Gasteiger partial charge in [0.2, 0.25) is 5.91 Å². The van der Waals surface area contributed by atoms with Gasteiger partial charge in [0.25, 0.3) is 5.56 Å². The van der Waals surface area contributed by atoms with Crippen molar-refractivity contribution >= 4 is 18.0 Å². The lowest BCUT2D eigenvalue weighted by Crippen LogP contribution is -2.38. The van der Waals surface area contributed by atoms with E-state index in [0.29, 0.717) is 31.4 Å². The molecule has 0 spiro atoms. The molecule has 3 rings (SSSR count). The molecule has 0 radical (unpaired) electrons. The second-order valence-corrected chi connectivity index (χ2v) is 10.7. The number of ether oxygens (including phenoxy) is 3. The van der Waals surface area contributed by atoms with Crippen LogP contribution in [-0.4, -0.2) is 63.6 Å². The van der Waals surface area contributed by atoms with Gasteiger partial charge in [0, 0.05) is 31.6 Å². The fourth-order valence-corrected chi connectivity index (χ4v) is 4.28. The number of unbranched alkanes of at least 4 members (excludes halogenated alkanes) is 2. The molecule has 224 valence electrons. The van der Waals surface area contributed by atoms with Crippen LogP contribution >= 0.6 is 0 Å². The van der Waals surface area contributed by atoms with Crippen LogP contribution in [0.1, 0.15) is 70.7 Å². The summed E-state index contributed by atoms with van der Waals surface area (Å²) >= 11 is 0. The SMILES string of the molecule is CC(C)(C)OC(=O)NCCCCCC(=O)NC(C(=O)O[C@H]1C[C@H](n2ccc(=O)[nH]c2=O)O[C@@H]1CO)c1ccccc1. The van der Waals surface area contributed by atoms with Gasteiger partial charge in [0.15, 0.2) is 6.04 Å². The number of amides is 2. The van der Waals surface area contributed by atoms with Crippen LogP contribution in [0.2, 0.25) is 0 Å².